The second-order valence-electron chi connectivity index (χ2n) is 4.57. The summed E-state index contributed by atoms with van der Waals surface area (Å²) < 4.78 is 36.1. The third-order valence-electron chi connectivity index (χ3n) is 2.93. The molecule has 0 saturated carbocycles. The predicted molar refractivity (Wildman–Crippen MR) is 74.6 cm³/mol. The summed E-state index contributed by atoms with van der Waals surface area (Å²) in [5.41, 5.74) is 5.68. The number of nitrogens with one attached hydrogen (secondary N) is 2. The number of anilines is 2. The summed E-state index contributed by atoms with van der Waals surface area (Å²) in [6.07, 6.45) is -5.36. The fourth-order valence-corrected chi connectivity index (χ4v) is 2.83. The van der Waals surface area contributed by atoms with Crippen molar-refractivity contribution < 1.29 is 18.0 Å². The molecule has 118 valence electrons. The number of carbonyl (C=O) groups excluding carboxylic acids is 1. The van der Waals surface area contributed by atoms with Crippen molar-refractivity contribution in [1.29, 1.82) is 0 Å². The molecule has 1 amide bonds. The maximum Gasteiger partial charge on any atom is 0.390 e. The minimum absolute atomic E-state index is 0.0537. The molecule has 2 rings (SSSR count). The number of nitrogens with two attached hydrogens (primary N) is 1. The Hall–Kier alpha value is -1.55. The van der Waals surface area contributed by atoms with Crippen LogP contribution in [0.4, 0.5) is 24.1 Å². The van der Waals surface area contributed by atoms with Crippen molar-refractivity contribution in [3.8, 4) is 0 Å². The van der Waals surface area contributed by atoms with E-state index in [0.717, 1.165) is 37.5 Å². The van der Waals surface area contributed by atoms with E-state index in [9.17, 15) is 18.0 Å². The highest BCUT2D eigenvalue weighted by atomic mass is 32.1. The number of carbonyl (C=O) groups is 1. The van der Waals surface area contributed by atoms with Gasteiger partial charge in [-0.1, -0.05) is 11.3 Å². The van der Waals surface area contributed by atoms with E-state index in [1.165, 1.54) is 0 Å². The molecule has 2 heterocycles. The molecule has 0 bridgehead atoms. The van der Waals surface area contributed by atoms with E-state index in [-0.39, 0.29) is 10.7 Å². The molecule has 1 aliphatic heterocycles. The van der Waals surface area contributed by atoms with Gasteiger partial charge in [-0.2, -0.15) is 13.2 Å². The highest BCUT2D eigenvalue weighted by molar-refractivity contribution is 7.18. The molecule has 0 atom stereocenters. The molecule has 1 aromatic rings. The number of rotatable bonds is 4. The molecule has 10 heteroatoms. The summed E-state index contributed by atoms with van der Waals surface area (Å²) in [4.78, 5) is 18.1. The summed E-state index contributed by atoms with van der Waals surface area (Å²) >= 11 is 1.10. The Kier molecular flexibility index (Phi) is 4.88. The molecule has 0 aliphatic carbocycles. The van der Waals surface area contributed by atoms with Gasteiger partial charge in [-0.25, -0.2) is 4.98 Å². The zero-order chi connectivity index (χ0) is 15.5. The largest absolute Gasteiger partial charge is 0.390 e. The van der Waals surface area contributed by atoms with Gasteiger partial charge in [0.1, 0.15) is 10.7 Å². The standard InChI is InChI=1S/C11H16F3N5OS/c12-11(13,14)1-2-17-9(20)7-8(15)18-10(21-7)19-5-3-16-4-6-19/h16H,1-6,15H2,(H,17,20). The van der Waals surface area contributed by atoms with Gasteiger partial charge in [-0.05, 0) is 0 Å². The quantitative estimate of drug-likeness (QED) is 0.764. The maximum atomic E-state index is 12.0. The van der Waals surface area contributed by atoms with Crippen LogP contribution in [0.3, 0.4) is 0 Å². The van der Waals surface area contributed by atoms with Crippen molar-refractivity contribution in [2.75, 3.05) is 43.4 Å². The molecular formula is C11H16F3N5OS. The lowest BCUT2D eigenvalue weighted by Crippen LogP contribution is -2.43. The van der Waals surface area contributed by atoms with Crippen LogP contribution in [0.2, 0.25) is 0 Å². The number of hydrogen-bond acceptors (Lipinski definition) is 6. The number of nitrogen functional groups attached to an aromatic ring is 1. The van der Waals surface area contributed by atoms with Gasteiger partial charge in [0.25, 0.3) is 5.91 Å². The lowest BCUT2D eigenvalue weighted by molar-refractivity contribution is -0.132. The first kappa shape index (κ1) is 15.8. The van der Waals surface area contributed by atoms with Crippen LogP contribution in [0.1, 0.15) is 16.1 Å². The van der Waals surface area contributed by atoms with Crippen LogP contribution in [-0.4, -0.2) is 49.8 Å². The molecule has 0 radical (unpaired) electrons. The average Bonchev–Trinajstić information content (AvgIpc) is 2.80. The molecular weight excluding hydrogens is 307 g/mol. The maximum absolute atomic E-state index is 12.0. The number of nitrogens with zero attached hydrogens (tertiary/aromatic N) is 2. The Morgan fingerprint density at radius 1 is 1.43 bits per heavy atom. The molecule has 21 heavy (non-hydrogen) atoms. The Labute approximate surface area is 123 Å². The van der Waals surface area contributed by atoms with Gasteiger partial charge in [-0.15, -0.1) is 0 Å². The summed E-state index contributed by atoms with van der Waals surface area (Å²) in [6, 6.07) is 0. The SMILES string of the molecule is Nc1nc(N2CCNCC2)sc1C(=O)NCCC(F)(F)F. The normalized spacial score (nSPS) is 16.0. The molecule has 0 spiro atoms. The summed E-state index contributed by atoms with van der Waals surface area (Å²) in [5.74, 6) is -0.561. The number of hydrogen-bond donors (Lipinski definition) is 3. The fourth-order valence-electron chi connectivity index (χ4n) is 1.87. The first-order chi connectivity index (χ1) is 9.87. The lowest BCUT2D eigenvalue weighted by atomic mass is 10.4. The number of amides is 1. The van der Waals surface area contributed by atoms with Crippen LogP contribution < -0.4 is 21.3 Å². The first-order valence-corrected chi connectivity index (χ1v) is 7.25. The smallest absolute Gasteiger partial charge is 0.382 e. The highest BCUT2D eigenvalue weighted by Crippen LogP contribution is 2.28. The van der Waals surface area contributed by atoms with Gasteiger partial charge in [0, 0.05) is 32.7 Å². The van der Waals surface area contributed by atoms with E-state index >= 15 is 0 Å². The second kappa shape index (κ2) is 6.48. The Morgan fingerprint density at radius 3 is 2.71 bits per heavy atom. The second-order valence-corrected chi connectivity index (χ2v) is 5.55. The lowest BCUT2D eigenvalue weighted by Gasteiger charge is -2.26. The fraction of sp³-hybridized carbons (Fsp3) is 0.636. The first-order valence-electron chi connectivity index (χ1n) is 6.44. The molecule has 1 fully saturated rings. The van der Waals surface area contributed by atoms with Gasteiger partial charge in [0.15, 0.2) is 5.13 Å². The topological polar surface area (TPSA) is 83.3 Å². The number of halogens is 3. The Morgan fingerprint density at radius 2 is 2.10 bits per heavy atom. The van der Waals surface area contributed by atoms with Crippen molar-refractivity contribution in [3.63, 3.8) is 0 Å². The summed E-state index contributed by atoms with van der Waals surface area (Å²) in [5, 5.41) is 6.02. The van der Waals surface area contributed by atoms with E-state index in [1.807, 2.05) is 4.90 Å². The molecule has 1 saturated heterocycles. The Bertz CT molecular complexity index is 499. The van der Waals surface area contributed by atoms with Crippen LogP contribution in [0.15, 0.2) is 0 Å². The number of aromatic nitrogens is 1. The van der Waals surface area contributed by atoms with Crippen molar-refractivity contribution in [3.05, 3.63) is 4.88 Å². The van der Waals surface area contributed by atoms with Gasteiger partial charge in [-0.3, -0.25) is 4.79 Å². The van der Waals surface area contributed by atoms with Crippen molar-refractivity contribution in [2.45, 2.75) is 12.6 Å². The Balaban J connectivity index is 1.96. The van der Waals surface area contributed by atoms with Crippen LogP contribution in [0.5, 0.6) is 0 Å². The molecule has 0 aromatic carbocycles. The van der Waals surface area contributed by atoms with E-state index < -0.39 is 25.0 Å². The zero-order valence-corrected chi connectivity index (χ0v) is 12.0. The van der Waals surface area contributed by atoms with Crippen molar-refractivity contribution in [2.24, 2.45) is 0 Å². The van der Waals surface area contributed by atoms with Crippen molar-refractivity contribution >= 4 is 28.2 Å². The molecule has 1 aliphatic rings. The summed E-state index contributed by atoms with van der Waals surface area (Å²) in [7, 11) is 0. The minimum atomic E-state index is -4.29. The predicted octanol–water partition coefficient (Wildman–Crippen LogP) is 0.817. The van der Waals surface area contributed by atoms with Crippen molar-refractivity contribution in [1.82, 2.24) is 15.6 Å². The molecule has 4 N–H and O–H groups in total. The average molecular weight is 323 g/mol. The van der Waals surface area contributed by atoms with Gasteiger partial charge < -0.3 is 21.3 Å². The third kappa shape index (κ3) is 4.46. The molecule has 1 aromatic heterocycles. The van der Waals surface area contributed by atoms with Gasteiger partial charge >= 0.3 is 6.18 Å². The molecule has 0 unspecified atom stereocenters. The minimum Gasteiger partial charge on any atom is -0.382 e. The van der Waals surface area contributed by atoms with Gasteiger partial charge in [0.2, 0.25) is 0 Å². The van der Waals surface area contributed by atoms with Crippen LogP contribution >= 0.6 is 11.3 Å². The number of alkyl halides is 3. The summed E-state index contributed by atoms with van der Waals surface area (Å²) in [6.45, 7) is 2.66. The van der Waals surface area contributed by atoms with Crippen LogP contribution in [0.25, 0.3) is 0 Å². The van der Waals surface area contributed by atoms with Crippen LogP contribution in [-0.2, 0) is 0 Å². The third-order valence-corrected chi connectivity index (χ3v) is 4.06. The molecule has 6 nitrogen and oxygen atoms in total. The van der Waals surface area contributed by atoms with E-state index in [2.05, 4.69) is 15.6 Å². The van der Waals surface area contributed by atoms with E-state index in [4.69, 9.17) is 5.73 Å². The zero-order valence-electron chi connectivity index (χ0n) is 11.2. The monoisotopic (exact) mass is 323 g/mol. The highest BCUT2D eigenvalue weighted by Gasteiger charge is 2.27. The number of thiazole rings is 1. The number of piperazine rings is 1. The van der Waals surface area contributed by atoms with E-state index in [0.29, 0.717) is 5.13 Å². The van der Waals surface area contributed by atoms with E-state index in [1.54, 1.807) is 0 Å². The van der Waals surface area contributed by atoms with Gasteiger partial charge in [0.05, 0.1) is 6.42 Å². The van der Waals surface area contributed by atoms with Crippen LogP contribution in [0, 0.1) is 0 Å².